The first-order chi connectivity index (χ1) is 7.68. The van der Waals surface area contributed by atoms with Crippen molar-refractivity contribution < 1.29 is 9.59 Å². The number of Topliss-reactive ketones (excluding diaryl/α,β-unsaturated/α-hetero) is 1. The SMILES string of the molecule is CC(c1ccncc1)N1CCC(=O)CC1=O. The van der Waals surface area contributed by atoms with Crippen molar-refractivity contribution in [2.75, 3.05) is 6.54 Å². The highest BCUT2D eigenvalue weighted by Gasteiger charge is 2.27. The van der Waals surface area contributed by atoms with Gasteiger partial charge in [0, 0.05) is 25.4 Å². The lowest BCUT2D eigenvalue weighted by molar-refractivity contribution is -0.141. The Balaban J connectivity index is 2.13. The van der Waals surface area contributed by atoms with E-state index in [4.69, 9.17) is 0 Å². The fraction of sp³-hybridized carbons (Fsp3) is 0.417. The van der Waals surface area contributed by atoms with E-state index in [1.54, 1.807) is 17.3 Å². The van der Waals surface area contributed by atoms with Crippen molar-refractivity contribution >= 4 is 11.7 Å². The van der Waals surface area contributed by atoms with Crippen LogP contribution in [0.3, 0.4) is 0 Å². The molecule has 84 valence electrons. The van der Waals surface area contributed by atoms with Crippen LogP contribution in [0.15, 0.2) is 24.5 Å². The van der Waals surface area contributed by atoms with Crippen molar-refractivity contribution in [3.63, 3.8) is 0 Å². The zero-order valence-corrected chi connectivity index (χ0v) is 9.22. The fourth-order valence-electron chi connectivity index (χ4n) is 1.96. The Morgan fingerprint density at radius 3 is 2.62 bits per heavy atom. The van der Waals surface area contributed by atoms with Gasteiger partial charge in [-0.1, -0.05) is 0 Å². The van der Waals surface area contributed by atoms with Gasteiger partial charge >= 0.3 is 0 Å². The van der Waals surface area contributed by atoms with E-state index in [0.29, 0.717) is 13.0 Å². The monoisotopic (exact) mass is 218 g/mol. The minimum absolute atomic E-state index is 0.0172. The smallest absolute Gasteiger partial charge is 0.230 e. The van der Waals surface area contributed by atoms with Crippen LogP contribution >= 0.6 is 0 Å². The number of hydrogen-bond acceptors (Lipinski definition) is 3. The molecule has 0 radical (unpaired) electrons. The van der Waals surface area contributed by atoms with Gasteiger partial charge in [-0.15, -0.1) is 0 Å². The summed E-state index contributed by atoms with van der Waals surface area (Å²) < 4.78 is 0. The molecule has 1 saturated heterocycles. The molecule has 1 aliphatic heterocycles. The number of carbonyl (C=O) groups excluding carboxylic acids is 2. The van der Waals surface area contributed by atoms with E-state index in [2.05, 4.69) is 4.98 Å². The van der Waals surface area contributed by atoms with Crippen LogP contribution in [-0.2, 0) is 9.59 Å². The first-order valence-electron chi connectivity index (χ1n) is 5.39. The molecule has 0 N–H and O–H groups in total. The molecular formula is C12H14N2O2. The van der Waals surface area contributed by atoms with E-state index in [1.165, 1.54) is 0 Å². The molecule has 0 aliphatic carbocycles. The molecule has 0 aromatic carbocycles. The van der Waals surface area contributed by atoms with E-state index in [-0.39, 0.29) is 24.2 Å². The lowest BCUT2D eigenvalue weighted by atomic mass is 10.0. The highest BCUT2D eigenvalue weighted by atomic mass is 16.2. The zero-order chi connectivity index (χ0) is 11.5. The number of carbonyl (C=O) groups is 2. The van der Waals surface area contributed by atoms with Gasteiger partial charge in [0.25, 0.3) is 0 Å². The molecule has 1 unspecified atom stereocenters. The van der Waals surface area contributed by atoms with Crippen molar-refractivity contribution in [2.24, 2.45) is 0 Å². The van der Waals surface area contributed by atoms with Gasteiger partial charge in [0.2, 0.25) is 5.91 Å². The number of rotatable bonds is 2. The Morgan fingerprint density at radius 1 is 1.31 bits per heavy atom. The number of amides is 1. The molecule has 16 heavy (non-hydrogen) atoms. The largest absolute Gasteiger partial charge is 0.335 e. The molecule has 2 heterocycles. The molecule has 1 amide bonds. The lowest BCUT2D eigenvalue weighted by Crippen LogP contribution is -2.40. The van der Waals surface area contributed by atoms with Crippen molar-refractivity contribution in [3.05, 3.63) is 30.1 Å². The van der Waals surface area contributed by atoms with Crippen molar-refractivity contribution in [3.8, 4) is 0 Å². The molecule has 1 fully saturated rings. The summed E-state index contributed by atoms with van der Waals surface area (Å²) in [4.78, 5) is 28.5. The third-order valence-electron chi connectivity index (χ3n) is 2.96. The second-order valence-corrected chi connectivity index (χ2v) is 4.01. The van der Waals surface area contributed by atoms with Crippen LogP contribution < -0.4 is 0 Å². The van der Waals surface area contributed by atoms with E-state index >= 15 is 0 Å². The highest BCUT2D eigenvalue weighted by Crippen LogP contribution is 2.23. The Hall–Kier alpha value is -1.71. The van der Waals surface area contributed by atoms with Gasteiger partial charge in [-0.25, -0.2) is 0 Å². The summed E-state index contributed by atoms with van der Waals surface area (Å²) >= 11 is 0. The average Bonchev–Trinajstić information content (AvgIpc) is 2.29. The molecular weight excluding hydrogens is 204 g/mol. The second kappa shape index (κ2) is 4.43. The standard InChI is InChI=1S/C12H14N2O2/c1-9(10-2-5-13-6-3-10)14-7-4-11(15)8-12(14)16/h2-3,5-6,9H,4,7-8H2,1H3. The molecule has 0 saturated carbocycles. The summed E-state index contributed by atoms with van der Waals surface area (Å²) in [7, 11) is 0. The normalized spacial score (nSPS) is 18.7. The van der Waals surface area contributed by atoms with Gasteiger partial charge in [-0.05, 0) is 24.6 Å². The van der Waals surface area contributed by atoms with E-state index in [1.807, 2.05) is 19.1 Å². The lowest BCUT2D eigenvalue weighted by Gasteiger charge is -2.32. The zero-order valence-electron chi connectivity index (χ0n) is 9.22. The number of likely N-dealkylation sites (tertiary alicyclic amines) is 1. The summed E-state index contributed by atoms with van der Waals surface area (Å²) in [5.41, 5.74) is 1.05. The third kappa shape index (κ3) is 2.10. The van der Waals surface area contributed by atoms with Crippen molar-refractivity contribution in [1.29, 1.82) is 0 Å². The molecule has 4 nitrogen and oxygen atoms in total. The molecule has 1 aromatic heterocycles. The number of pyridine rings is 1. The van der Waals surface area contributed by atoms with Crippen LogP contribution in [0.4, 0.5) is 0 Å². The van der Waals surface area contributed by atoms with Crippen LogP contribution in [0.5, 0.6) is 0 Å². The maximum atomic E-state index is 11.7. The average molecular weight is 218 g/mol. The first-order valence-corrected chi connectivity index (χ1v) is 5.39. The topological polar surface area (TPSA) is 50.3 Å². The molecule has 2 rings (SSSR count). The minimum atomic E-state index is -0.0689. The number of aromatic nitrogens is 1. The second-order valence-electron chi connectivity index (χ2n) is 4.01. The molecule has 0 bridgehead atoms. The minimum Gasteiger partial charge on any atom is -0.335 e. The van der Waals surface area contributed by atoms with E-state index in [9.17, 15) is 9.59 Å². The summed E-state index contributed by atoms with van der Waals surface area (Å²) in [5.74, 6) is -0.0243. The van der Waals surface area contributed by atoms with Crippen LogP contribution in [-0.4, -0.2) is 28.1 Å². The van der Waals surface area contributed by atoms with Gasteiger partial charge in [0.05, 0.1) is 12.5 Å². The first kappa shape index (κ1) is 10.8. The number of ketones is 1. The maximum absolute atomic E-state index is 11.7. The summed E-state index contributed by atoms with van der Waals surface area (Å²) in [5, 5.41) is 0. The molecule has 1 aromatic rings. The quantitative estimate of drug-likeness (QED) is 0.704. The van der Waals surface area contributed by atoms with Gasteiger partial charge in [-0.2, -0.15) is 0 Å². The van der Waals surface area contributed by atoms with Gasteiger partial charge in [-0.3, -0.25) is 14.6 Å². The van der Waals surface area contributed by atoms with Crippen LogP contribution in [0.1, 0.15) is 31.4 Å². The highest BCUT2D eigenvalue weighted by molar-refractivity contribution is 6.00. The summed E-state index contributed by atoms with van der Waals surface area (Å²) in [6.45, 7) is 2.50. The number of piperidine rings is 1. The molecule has 1 atom stereocenters. The number of nitrogens with zero attached hydrogens (tertiary/aromatic N) is 2. The van der Waals surface area contributed by atoms with E-state index < -0.39 is 0 Å². The van der Waals surface area contributed by atoms with Crippen LogP contribution in [0.25, 0.3) is 0 Å². The van der Waals surface area contributed by atoms with Crippen molar-refractivity contribution in [1.82, 2.24) is 9.88 Å². The van der Waals surface area contributed by atoms with Gasteiger partial charge in [0.15, 0.2) is 0 Å². The summed E-state index contributed by atoms with van der Waals surface area (Å²) in [6.07, 6.45) is 3.95. The van der Waals surface area contributed by atoms with Gasteiger partial charge in [0.1, 0.15) is 5.78 Å². The van der Waals surface area contributed by atoms with Crippen molar-refractivity contribution in [2.45, 2.75) is 25.8 Å². The van der Waals surface area contributed by atoms with Crippen LogP contribution in [0.2, 0.25) is 0 Å². The summed E-state index contributed by atoms with van der Waals surface area (Å²) in [6, 6.07) is 3.81. The molecule has 1 aliphatic rings. The molecule has 4 heteroatoms. The van der Waals surface area contributed by atoms with Gasteiger partial charge < -0.3 is 4.90 Å². The van der Waals surface area contributed by atoms with Crippen LogP contribution in [0, 0.1) is 0 Å². The Kier molecular flexibility index (Phi) is 2.99. The predicted molar refractivity (Wildman–Crippen MR) is 58.6 cm³/mol. The Bertz CT molecular complexity index is 403. The third-order valence-corrected chi connectivity index (χ3v) is 2.96. The Morgan fingerprint density at radius 2 is 2.00 bits per heavy atom. The Labute approximate surface area is 94.3 Å². The van der Waals surface area contributed by atoms with E-state index in [0.717, 1.165) is 5.56 Å². The maximum Gasteiger partial charge on any atom is 0.230 e. The molecule has 0 spiro atoms. The fourth-order valence-corrected chi connectivity index (χ4v) is 1.96. The number of hydrogen-bond donors (Lipinski definition) is 0. The predicted octanol–water partition coefficient (Wildman–Crippen LogP) is 1.33.